The van der Waals surface area contributed by atoms with E-state index in [1.54, 1.807) is 11.3 Å². The van der Waals surface area contributed by atoms with Crippen molar-refractivity contribution >= 4 is 11.3 Å². The fourth-order valence-corrected chi connectivity index (χ4v) is 3.28. The van der Waals surface area contributed by atoms with Crippen LogP contribution in [0.25, 0.3) is 11.3 Å². The number of thiazole rings is 1. The van der Waals surface area contributed by atoms with E-state index in [-0.39, 0.29) is 0 Å². The summed E-state index contributed by atoms with van der Waals surface area (Å²) in [5.41, 5.74) is 2.18. The molecule has 0 spiro atoms. The monoisotopic (exact) mass is 248 g/mol. The lowest BCUT2D eigenvalue weighted by molar-refractivity contribution is 0.505. The van der Waals surface area contributed by atoms with Gasteiger partial charge in [0.1, 0.15) is 16.5 Å². The van der Waals surface area contributed by atoms with Gasteiger partial charge in [0.25, 0.3) is 0 Å². The van der Waals surface area contributed by atoms with Gasteiger partial charge >= 0.3 is 0 Å². The third-order valence-corrected chi connectivity index (χ3v) is 4.16. The summed E-state index contributed by atoms with van der Waals surface area (Å²) in [5, 5.41) is 6.82. The molecular formula is C13H16N2OS. The molecule has 1 fully saturated rings. The zero-order valence-corrected chi connectivity index (χ0v) is 10.9. The summed E-state index contributed by atoms with van der Waals surface area (Å²) in [4.78, 5) is 4.73. The molecule has 90 valence electrons. The number of furan rings is 1. The molecule has 3 rings (SSSR count). The van der Waals surface area contributed by atoms with Gasteiger partial charge in [-0.05, 0) is 39.3 Å². The molecule has 1 N–H and O–H groups in total. The Bertz CT molecular complexity index is 523. The Morgan fingerprint density at radius 1 is 1.47 bits per heavy atom. The van der Waals surface area contributed by atoms with Gasteiger partial charge in [0.05, 0.1) is 11.7 Å². The van der Waals surface area contributed by atoms with Crippen molar-refractivity contribution in [1.82, 2.24) is 10.3 Å². The maximum Gasteiger partial charge on any atom is 0.110 e. The van der Waals surface area contributed by atoms with Gasteiger partial charge in [-0.2, -0.15) is 0 Å². The van der Waals surface area contributed by atoms with E-state index in [0.29, 0.717) is 6.04 Å². The Labute approximate surface area is 105 Å². The molecule has 1 aliphatic rings. The van der Waals surface area contributed by atoms with Crippen LogP contribution in [-0.2, 0) is 0 Å². The first-order valence-corrected chi connectivity index (χ1v) is 6.88. The molecule has 1 atom stereocenters. The number of aryl methyl sites for hydroxylation is 2. The maximum absolute atomic E-state index is 5.55. The van der Waals surface area contributed by atoms with E-state index >= 15 is 0 Å². The van der Waals surface area contributed by atoms with E-state index in [0.717, 1.165) is 29.3 Å². The van der Waals surface area contributed by atoms with Crippen molar-refractivity contribution < 1.29 is 4.42 Å². The van der Waals surface area contributed by atoms with Crippen molar-refractivity contribution in [3.63, 3.8) is 0 Å². The second-order valence-corrected chi connectivity index (χ2v) is 5.44. The third kappa shape index (κ3) is 2.03. The Kier molecular flexibility index (Phi) is 2.76. The van der Waals surface area contributed by atoms with E-state index in [4.69, 9.17) is 9.40 Å². The number of hydrogen-bond donors (Lipinski definition) is 1. The number of aromatic nitrogens is 1. The summed E-state index contributed by atoms with van der Waals surface area (Å²) in [5.74, 6) is 1.91. The highest BCUT2D eigenvalue weighted by Crippen LogP contribution is 2.32. The number of nitrogens with zero attached hydrogens (tertiary/aromatic N) is 1. The third-order valence-electron chi connectivity index (χ3n) is 3.20. The highest BCUT2D eigenvalue weighted by atomic mass is 32.1. The van der Waals surface area contributed by atoms with Crippen LogP contribution in [0.5, 0.6) is 0 Å². The number of rotatable bonds is 2. The summed E-state index contributed by atoms with van der Waals surface area (Å²) in [6, 6.07) is 2.53. The fraction of sp³-hybridized carbons (Fsp3) is 0.462. The van der Waals surface area contributed by atoms with Crippen molar-refractivity contribution in [2.75, 3.05) is 6.54 Å². The van der Waals surface area contributed by atoms with Crippen LogP contribution in [-0.4, -0.2) is 11.5 Å². The molecule has 1 aliphatic heterocycles. The molecule has 0 saturated carbocycles. The number of nitrogens with one attached hydrogen (secondary N) is 1. The molecule has 0 bridgehead atoms. The zero-order valence-electron chi connectivity index (χ0n) is 10.1. The van der Waals surface area contributed by atoms with Gasteiger partial charge in [-0.1, -0.05) is 0 Å². The quantitative estimate of drug-likeness (QED) is 0.884. The SMILES string of the molecule is Cc1cc(-c2csc(C3CCCN3)n2)c(C)o1. The predicted octanol–water partition coefficient (Wildman–Crippen LogP) is 3.44. The Morgan fingerprint density at radius 2 is 2.35 bits per heavy atom. The van der Waals surface area contributed by atoms with Crippen LogP contribution < -0.4 is 5.32 Å². The minimum Gasteiger partial charge on any atom is -0.466 e. The van der Waals surface area contributed by atoms with Crippen LogP contribution in [0, 0.1) is 13.8 Å². The average Bonchev–Trinajstić information content (AvgIpc) is 2.97. The average molecular weight is 248 g/mol. The normalized spacial score (nSPS) is 20.0. The van der Waals surface area contributed by atoms with E-state index in [1.165, 1.54) is 17.8 Å². The predicted molar refractivity (Wildman–Crippen MR) is 69.3 cm³/mol. The fourth-order valence-electron chi connectivity index (χ4n) is 2.35. The molecule has 2 aromatic heterocycles. The highest BCUT2D eigenvalue weighted by Gasteiger charge is 2.20. The van der Waals surface area contributed by atoms with Crippen LogP contribution in [0.15, 0.2) is 15.9 Å². The first-order chi connectivity index (χ1) is 8.24. The summed E-state index contributed by atoms with van der Waals surface area (Å²) in [6.07, 6.45) is 2.46. The highest BCUT2D eigenvalue weighted by molar-refractivity contribution is 7.10. The van der Waals surface area contributed by atoms with Crippen molar-refractivity contribution in [2.24, 2.45) is 0 Å². The molecular weight excluding hydrogens is 232 g/mol. The van der Waals surface area contributed by atoms with E-state index in [9.17, 15) is 0 Å². The van der Waals surface area contributed by atoms with Crippen LogP contribution in [0.2, 0.25) is 0 Å². The van der Waals surface area contributed by atoms with Gasteiger partial charge < -0.3 is 9.73 Å². The summed E-state index contributed by atoms with van der Waals surface area (Å²) >= 11 is 1.74. The summed E-state index contributed by atoms with van der Waals surface area (Å²) in [6.45, 7) is 5.08. The summed E-state index contributed by atoms with van der Waals surface area (Å²) in [7, 11) is 0. The largest absolute Gasteiger partial charge is 0.466 e. The van der Waals surface area contributed by atoms with Crippen LogP contribution in [0.1, 0.15) is 35.4 Å². The van der Waals surface area contributed by atoms with E-state index in [2.05, 4.69) is 16.8 Å². The Balaban J connectivity index is 1.91. The molecule has 0 aliphatic carbocycles. The number of hydrogen-bond acceptors (Lipinski definition) is 4. The van der Waals surface area contributed by atoms with Crippen LogP contribution >= 0.6 is 11.3 Å². The molecule has 17 heavy (non-hydrogen) atoms. The molecule has 0 aromatic carbocycles. The lowest BCUT2D eigenvalue weighted by atomic mass is 10.2. The van der Waals surface area contributed by atoms with Gasteiger partial charge in [-0.15, -0.1) is 11.3 Å². The van der Waals surface area contributed by atoms with Crippen molar-refractivity contribution in [1.29, 1.82) is 0 Å². The van der Waals surface area contributed by atoms with Crippen molar-refractivity contribution in [3.05, 3.63) is 28.0 Å². The van der Waals surface area contributed by atoms with E-state index < -0.39 is 0 Å². The van der Waals surface area contributed by atoms with Gasteiger partial charge in [-0.25, -0.2) is 4.98 Å². The van der Waals surface area contributed by atoms with Gasteiger partial charge in [0, 0.05) is 10.9 Å². The summed E-state index contributed by atoms with van der Waals surface area (Å²) < 4.78 is 5.55. The standard InChI is InChI=1S/C13H16N2OS/c1-8-6-10(9(2)16-8)12-7-17-13(15-12)11-4-3-5-14-11/h6-7,11,14H,3-5H2,1-2H3. The topological polar surface area (TPSA) is 38.1 Å². The smallest absolute Gasteiger partial charge is 0.110 e. The van der Waals surface area contributed by atoms with Gasteiger partial charge in [0.15, 0.2) is 0 Å². The molecule has 2 aromatic rings. The lowest BCUT2D eigenvalue weighted by Gasteiger charge is -2.04. The Morgan fingerprint density at radius 3 is 3.00 bits per heavy atom. The minimum absolute atomic E-state index is 0.460. The molecule has 0 radical (unpaired) electrons. The minimum atomic E-state index is 0.460. The zero-order chi connectivity index (χ0) is 11.8. The molecule has 1 unspecified atom stereocenters. The first-order valence-electron chi connectivity index (χ1n) is 6.00. The molecule has 3 nitrogen and oxygen atoms in total. The van der Waals surface area contributed by atoms with E-state index in [1.807, 2.05) is 13.8 Å². The lowest BCUT2D eigenvalue weighted by Crippen LogP contribution is -2.12. The molecule has 0 amide bonds. The first kappa shape index (κ1) is 11.0. The molecule has 1 saturated heterocycles. The van der Waals surface area contributed by atoms with Crippen LogP contribution in [0.3, 0.4) is 0 Å². The van der Waals surface area contributed by atoms with Crippen molar-refractivity contribution in [2.45, 2.75) is 32.7 Å². The molecule has 4 heteroatoms. The second-order valence-electron chi connectivity index (χ2n) is 4.55. The van der Waals surface area contributed by atoms with Crippen molar-refractivity contribution in [3.8, 4) is 11.3 Å². The van der Waals surface area contributed by atoms with Gasteiger partial charge in [-0.3, -0.25) is 0 Å². The maximum atomic E-state index is 5.55. The second kappa shape index (κ2) is 4.27. The van der Waals surface area contributed by atoms with Gasteiger partial charge in [0.2, 0.25) is 0 Å². The molecule has 3 heterocycles. The van der Waals surface area contributed by atoms with Crippen LogP contribution in [0.4, 0.5) is 0 Å². The Hall–Kier alpha value is -1.13.